The molecule has 0 fully saturated rings. The highest BCUT2D eigenvalue weighted by Crippen LogP contribution is 2.32. The van der Waals surface area contributed by atoms with Gasteiger partial charge in [-0.1, -0.05) is 166 Å². The van der Waals surface area contributed by atoms with E-state index in [1.807, 2.05) is 110 Å². The molecule has 2 unspecified atom stereocenters. The van der Waals surface area contributed by atoms with Crippen LogP contribution >= 0.6 is 0 Å². The molecule has 364 valence electrons. The van der Waals surface area contributed by atoms with Gasteiger partial charge in [0.2, 0.25) is 0 Å². The Morgan fingerprint density at radius 3 is 1.19 bits per heavy atom. The maximum atomic E-state index is 13.3. The van der Waals surface area contributed by atoms with Crippen LogP contribution in [-0.4, -0.2) is 45.1 Å². The SMILES string of the molecule is CCCCCCCc1cnc(-c2ccc(-c3cc(C(=O)OCC(C)CC)ccc3COCc3ccc(C(=O)OCC(C)CC)cc3-c3ccc(-c4ncc(CCCCCCC)cn4)cc3)cc2)nc1. The summed E-state index contributed by atoms with van der Waals surface area (Å²) in [6, 6.07) is 27.6. The number of carbonyl (C=O) groups excluding carboxylic acids is 2. The number of hydrogen-bond acceptors (Lipinski definition) is 9. The summed E-state index contributed by atoms with van der Waals surface area (Å²) in [5, 5.41) is 0. The van der Waals surface area contributed by atoms with E-state index in [4.69, 9.17) is 34.1 Å². The van der Waals surface area contributed by atoms with Crippen LogP contribution in [0.25, 0.3) is 45.0 Å². The second-order valence-corrected chi connectivity index (χ2v) is 18.8. The van der Waals surface area contributed by atoms with Crippen molar-refractivity contribution in [3.8, 4) is 45.0 Å². The number of esters is 2. The lowest BCUT2D eigenvalue weighted by atomic mass is 9.96. The molecule has 6 rings (SSSR count). The molecule has 2 atom stereocenters. The fourth-order valence-corrected chi connectivity index (χ4v) is 8.03. The number of aromatic nitrogens is 4. The van der Waals surface area contributed by atoms with Gasteiger partial charge >= 0.3 is 11.9 Å². The van der Waals surface area contributed by atoms with E-state index in [0.29, 0.717) is 36.0 Å². The van der Waals surface area contributed by atoms with Crippen LogP contribution in [0.2, 0.25) is 0 Å². The van der Waals surface area contributed by atoms with Gasteiger partial charge in [-0.05, 0) is 106 Å². The summed E-state index contributed by atoms with van der Waals surface area (Å²) in [4.78, 5) is 45.5. The lowest BCUT2D eigenvalue weighted by Gasteiger charge is -2.16. The molecular formula is C60H74N4O5. The molecule has 0 aliphatic heterocycles. The summed E-state index contributed by atoms with van der Waals surface area (Å²) in [5.74, 6) is 1.18. The van der Waals surface area contributed by atoms with Crippen molar-refractivity contribution in [1.29, 1.82) is 0 Å². The van der Waals surface area contributed by atoms with Gasteiger partial charge in [0, 0.05) is 35.9 Å². The van der Waals surface area contributed by atoms with Crippen LogP contribution in [0, 0.1) is 11.8 Å². The van der Waals surface area contributed by atoms with E-state index in [2.05, 4.69) is 41.5 Å². The normalized spacial score (nSPS) is 12.1. The number of unbranched alkanes of at least 4 members (excludes halogenated alkanes) is 8. The van der Waals surface area contributed by atoms with Crippen molar-refractivity contribution in [2.45, 2.75) is 145 Å². The zero-order valence-corrected chi connectivity index (χ0v) is 42.1. The van der Waals surface area contributed by atoms with Crippen molar-refractivity contribution < 1.29 is 23.8 Å². The fourth-order valence-electron chi connectivity index (χ4n) is 8.03. The number of rotatable bonds is 28. The number of hydrogen-bond donors (Lipinski definition) is 0. The minimum absolute atomic E-state index is 0.268. The summed E-state index contributed by atoms with van der Waals surface area (Å²) >= 11 is 0. The van der Waals surface area contributed by atoms with Crippen LogP contribution < -0.4 is 0 Å². The molecule has 0 N–H and O–H groups in total. The van der Waals surface area contributed by atoms with Crippen molar-refractivity contribution >= 4 is 11.9 Å². The third-order valence-electron chi connectivity index (χ3n) is 13.1. The summed E-state index contributed by atoms with van der Waals surface area (Å²) in [7, 11) is 0. The minimum Gasteiger partial charge on any atom is -0.462 e. The molecule has 0 aliphatic rings. The van der Waals surface area contributed by atoms with Crippen molar-refractivity contribution in [3.63, 3.8) is 0 Å². The molecule has 0 saturated heterocycles. The first-order valence-corrected chi connectivity index (χ1v) is 25.7. The minimum atomic E-state index is -0.352. The molecule has 69 heavy (non-hydrogen) atoms. The number of nitrogens with zero attached hydrogens (tertiary/aromatic N) is 4. The monoisotopic (exact) mass is 931 g/mol. The van der Waals surface area contributed by atoms with Crippen molar-refractivity contribution in [3.05, 3.63) is 143 Å². The fraction of sp³-hybridized carbons (Fsp3) is 0.433. The zero-order valence-electron chi connectivity index (χ0n) is 42.1. The standard InChI is InChI=1S/C60H74N4O5/c1-7-11-13-15-17-19-45-35-61-57(62-36-45)49-25-21-47(22-26-49)55-33-51(59(65)68-39-43(5)9-3)29-31-53(55)41-67-42-54-32-30-52(60(66)69-40-44(6)10-4)34-56(54)48-23-27-50(28-24-48)58-63-37-46(38-64-58)20-18-16-14-12-8-2/h21-38,43-44H,7-20,39-42H2,1-6H3. The van der Waals surface area contributed by atoms with Crippen LogP contribution in [0.5, 0.6) is 0 Å². The van der Waals surface area contributed by atoms with E-state index >= 15 is 0 Å². The lowest BCUT2D eigenvalue weighted by molar-refractivity contribution is 0.0438. The van der Waals surface area contributed by atoms with Gasteiger partial charge in [-0.3, -0.25) is 0 Å². The van der Waals surface area contributed by atoms with E-state index < -0.39 is 0 Å². The van der Waals surface area contributed by atoms with Crippen LogP contribution in [0.3, 0.4) is 0 Å². The largest absolute Gasteiger partial charge is 0.462 e. The Kier molecular flexibility index (Phi) is 21.1. The Balaban J connectivity index is 1.22. The molecule has 0 spiro atoms. The molecule has 2 aromatic heterocycles. The van der Waals surface area contributed by atoms with Crippen molar-refractivity contribution in [1.82, 2.24) is 19.9 Å². The smallest absolute Gasteiger partial charge is 0.338 e. The van der Waals surface area contributed by atoms with Gasteiger partial charge < -0.3 is 14.2 Å². The molecule has 0 radical (unpaired) electrons. The number of aryl methyl sites for hydroxylation is 2. The van der Waals surface area contributed by atoms with Gasteiger partial charge in [0.25, 0.3) is 0 Å². The van der Waals surface area contributed by atoms with Gasteiger partial charge in [-0.25, -0.2) is 29.5 Å². The van der Waals surface area contributed by atoms with Crippen LogP contribution in [-0.2, 0) is 40.3 Å². The molecule has 6 aromatic rings. The Labute approximate surface area is 411 Å². The molecular weight excluding hydrogens is 857 g/mol. The molecule has 0 amide bonds. The Morgan fingerprint density at radius 2 is 0.826 bits per heavy atom. The first kappa shape index (κ1) is 52.3. The first-order chi connectivity index (χ1) is 33.7. The lowest BCUT2D eigenvalue weighted by Crippen LogP contribution is -2.12. The Hall–Kier alpha value is -6.06. The van der Waals surface area contributed by atoms with Gasteiger partial charge in [-0.2, -0.15) is 0 Å². The molecule has 0 saturated carbocycles. The first-order valence-electron chi connectivity index (χ1n) is 25.7. The average molecular weight is 931 g/mol. The molecule has 2 heterocycles. The highest BCUT2D eigenvalue weighted by molar-refractivity contribution is 5.92. The molecule has 4 aromatic carbocycles. The molecule has 9 nitrogen and oxygen atoms in total. The van der Waals surface area contributed by atoms with Crippen LogP contribution in [0.4, 0.5) is 0 Å². The van der Waals surface area contributed by atoms with Gasteiger partial charge in [0.1, 0.15) is 0 Å². The predicted octanol–water partition coefficient (Wildman–Crippen LogP) is 15.1. The second kappa shape index (κ2) is 27.8. The summed E-state index contributed by atoms with van der Waals surface area (Å²) in [6.45, 7) is 14.1. The van der Waals surface area contributed by atoms with E-state index in [1.165, 1.54) is 51.4 Å². The van der Waals surface area contributed by atoms with E-state index in [-0.39, 0.29) is 37.0 Å². The third kappa shape index (κ3) is 16.0. The molecule has 9 heteroatoms. The van der Waals surface area contributed by atoms with E-state index in [0.717, 1.165) is 94.2 Å². The summed E-state index contributed by atoms with van der Waals surface area (Å²) in [6.07, 6.45) is 23.9. The Morgan fingerprint density at radius 1 is 0.464 bits per heavy atom. The van der Waals surface area contributed by atoms with Gasteiger partial charge in [-0.15, -0.1) is 0 Å². The Bertz CT molecular complexity index is 2310. The zero-order chi connectivity index (χ0) is 48.8. The van der Waals surface area contributed by atoms with Crippen molar-refractivity contribution in [2.24, 2.45) is 11.8 Å². The average Bonchev–Trinajstić information content (AvgIpc) is 3.39. The van der Waals surface area contributed by atoms with Gasteiger partial charge in [0.15, 0.2) is 11.6 Å². The predicted molar refractivity (Wildman–Crippen MR) is 279 cm³/mol. The maximum absolute atomic E-state index is 13.3. The highest BCUT2D eigenvalue weighted by Gasteiger charge is 2.18. The summed E-state index contributed by atoms with van der Waals surface area (Å²) < 4.78 is 18.0. The number of benzene rings is 4. The van der Waals surface area contributed by atoms with E-state index in [1.54, 1.807) is 0 Å². The highest BCUT2D eigenvalue weighted by atomic mass is 16.5. The quantitative estimate of drug-likeness (QED) is 0.0350. The second-order valence-electron chi connectivity index (χ2n) is 18.8. The topological polar surface area (TPSA) is 113 Å². The van der Waals surface area contributed by atoms with Crippen molar-refractivity contribution in [2.75, 3.05) is 13.2 Å². The van der Waals surface area contributed by atoms with Crippen LogP contribution in [0.1, 0.15) is 162 Å². The van der Waals surface area contributed by atoms with E-state index in [9.17, 15) is 9.59 Å². The van der Waals surface area contributed by atoms with Gasteiger partial charge in [0.05, 0.1) is 37.6 Å². The molecule has 0 aliphatic carbocycles. The number of carbonyl (C=O) groups is 2. The number of ether oxygens (including phenoxy) is 3. The van der Waals surface area contributed by atoms with Crippen LogP contribution in [0.15, 0.2) is 110 Å². The third-order valence-corrected chi connectivity index (χ3v) is 13.1. The summed E-state index contributed by atoms with van der Waals surface area (Å²) in [5.41, 5.74) is 10.5. The maximum Gasteiger partial charge on any atom is 0.338 e. The molecule has 0 bridgehead atoms.